The van der Waals surface area contributed by atoms with Crippen LogP contribution >= 0.6 is 7.60 Å². The number of hydrogen-bond acceptors (Lipinski definition) is 4. The Morgan fingerprint density at radius 1 is 1.24 bits per heavy atom. The standard InChI is InChI=1S/C19H28N3O6P/c1-2-3-4-5-6-11-17(23)20-12-9-10-16-15-22(19(25)21-18(16)24)13-7-8-14-29(26,27)28/h7-8,15H,2-6,11-14H2,1H3,(H,20,23)(H,21,24,25)(H2,26,27,28). The minimum atomic E-state index is -4.14. The predicted octanol–water partition coefficient (Wildman–Crippen LogP) is 1.10. The normalized spacial score (nSPS) is 11.3. The van der Waals surface area contributed by atoms with Crippen molar-refractivity contribution in [2.24, 2.45) is 0 Å². The van der Waals surface area contributed by atoms with Gasteiger partial charge in [-0.05, 0) is 6.42 Å². The predicted molar refractivity (Wildman–Crippen MR) is 111 cm³/mol. The van der Waals surface area contributed by atoms with E-state index in [0.29, 0.717) is 6.42 Å². The highest BCUT2D eigenvalue weighted by atomic mass is 31.2. The number of aromatic nitrogens is 2. The molecule has 10 heteroatoms. The van der Waals surface area contributed by atoms with Crippen molar-refractivity contribution in [3.05, 3.63) is 44.8 Å². The summed E-state index contributed by atoms with van der Waals surface area (Å²) in [5, 5.41) is 2.67. The van der Waals surface area contributed by atoms with Crippen molar-refractivity contribution in [1.82, 2.24) is 14.9 Å². The van der Waals surface area contributed by atoms with Gasteiger partial charge in [-0.3, -0.25) is 23.7 Å². The minimum Gasteiger partial charge on any atom is -0.345 e. The number of unbranched alkanes of at least 4 members (excludes halogenated alkanes) is 4. The molecule has 0 bridgehead atoms. The van der Waals surface area contributed by atoms with Gasteiger partial charge in [0.25, 0.3) is 5.56 Å². The molecule has 0 saturated heterocycles. The van der Waals surface area contributed by atoms with E-state index in [4.69, 9.17) is 9.79 Å². The number of aromatic amines is 1. The maximum Gasteiger partial charge on any atom is 0.329 e. The maximum absolute atomic E-state index is 11.8. The Kier molecular flexibility index (Phi) is 11.0. The summed E-state index contributed by atoms with van der Waals surface area (Å²) >= 11 is 0. The first-order valence-electron chi connectivity index (χ1n) is 9.52. The van der Waals surface area contributed by atoms with E-state index in [2.05, 4.69) is 29.1 Å². The van der Waals surface area contributed by atoms with Crippen LogP contribution in [0.2, 0.25) is 0 Å². The van der Waals surface area contributed by atoms with Crippen LogP contribution in [-0.2, 0) is 15.9 Å². The van der Waals surface area contributed by atoms with Crippen molar-refractivity contribution in [1.29, 1.82) is 0 Å². The van der Waals surface area contributed by atoms with Crippen molar-refractivity contribution in [3.8, 4) is 11.8 Å². The number of carbonyl (C=O) groups is 1. The number of nitrogens with one attached hydrogen (secondary N) is 2. The van der Waals surface area contributed by atoms with E-state index in [9.17, 15) is 18.9 Å². The van der Waals surface area contributed by atoms with Gasteiger partial charge in [-0.15, -0.1) is 0 Å². The summed E-state index contributed by atoms with van der Waals surface area (Å²) in [7, 11) is -4.14. The van der Waals surface area contributed by atoms with Gasteiger partial charge in [0, 0.05) is 19.2 Å². The number of nitrogens with zero attached hydrogens (tertiary/aromatic N) is 1. The van der Waals surface area contributed by atoms with E-state index < -0.39 is 25.0 Å². The summed E-state index contributed by atoms with van der Waals surface area (Å²) < 4.78 is 11.9. The van der Waals surface area contributed by atoms with Gasteiger partial charge in [-0.1, -0.05) is 56.6 Å². The summed E-state index contributed by atoms with van der Waals surface area (Å²) in [6.07, 6.45) is 9.25. The molecule has 0 fully saturated rings. The zero-order chi connectivity index (χ0) is 21.7. The molecule has 0 aliphatic heterocycles. The largest absolute Gasteiger partial charge is 0.345 e. The van der Waals surface area contributed by atoms with E-state index in [1.807, 2.05) is 0 Å². The molecule has 160 valence electrons. The smallest absolute Gasteiger partial charge is 0.329 e. The molecule has 0 unspecified atom stereocenters. The van der Waals surface area contributed by atoms with Crippen LogP contribution in [-0.4, -0.2) is 38.0 Å². The lowest BCUT2D eigenvalue weighted by Gasteiger charge is -2.02. The molecular weight excluding hydrogens is 397 g/mol. The molecule has 1 aromatic rings. The van der Waals surface area contributed by atoms with Gasteiger partial charge < -0.3 is 15.1 Å². The topological polar surface area (TPSA) is 141 Å². The fourth-order valence-corrected chi connectivity index (χ4v) is 2.82. The van der Waals surface area contributed by atoms with Gasteiger partial charge in [0.05, 0.1) is 12.7 Å². The SMILES string of the molecule is CCCCCCCC(=O)NCC#Cc1cn(CC=CCP(=O)(O)O)c(=O)[nH]c1=O. The first-order chi connectivity index (χ1) is 13.7. The highest BCUT2D eigenvalue weighted by Gasteiger charge is 2.08. The van der Waals surface area contributed by atoms with Crippen LogP contribution in [0.5, 0.6) is 0 Å². The molecule has 1 rings (SSSR count). The highest BCUT2D eigenvalue weighted by Crippen LogP contribution is 2.33. The summed E-state index contributed by atoms with van der Waals surface area (Å²) in [5.74, 6) is 5.20. The quantitative estimate of drug-likeness (QED) is 0.181. The van der Waals surface area contributed by atoms with Crippen molar-refractivity contribution in [2.75, 3.05) is 12.7 Å². The van der Waals surface area contributed by atoms with Crippen LogP contribution in [0.15, 0.2) is 27.9 Å². The van der Waals surface area contributed by atoms with Crippen molar-refractivity contribution in [3.63, 3.8) is 0 Å². The van der Waals surface area contributed by atoms with Crippen LogP contribution in [0.4, 0.5) is 0 Å². The number of allylic oxidation sites excluding steroid dienone is 2. The van der Waals surface area contributed by atoms with E-state index in [1.54, 1.807) is 0 Å². The maximum atomic E-state index is 11.8. The fourth-order valence-electron chi connectivity index (χ4n) is 2.39. The Hall–Kier alpha value is -2.40. The first-order valence-corrected chi connectivity index (χ1v) is 11.3. The third-order valence-electron chi connectivity index (χ3n) is 3.93. The lowest BCUT2D eigenvalue weighted by atomic mass is 10.1. The van der Waals surface area contributed by atoms with Crippen molar-refractivity contribution >= 4 is 13.5 Å². The lowest BCUT2D eigenvalue weighted by molar-refractivity contribution is -0.120. The van der Waals surface area contributed by atoms with Crippen molar-refractivity contribution in [2.45, 2.75) is 52.0 Å². The van der Waals surface area contributed by atoms with Crippen LogP contribution in [0.1, 0.15) is 51.0 Å². The summed E-state index contributed by atoms with van der Waals surface area (Å²) in [6, 6.07) is 0. The Morgan fingerprint density at radius 2 is 1.97 bits per heavy atom. The molecular formula is C19H28N3O6P. The zero-order valence-corrected chi connectivity index (χ0v) is 17.4. The first kappa shape index (κ1) is 24.6. The molecule has 1 amide bonds. The van der Waals surface area contributed by atoms with E-state index in [0.717, 1.165) is 30.3 Å². The molecule has 0 radical (unpaired) electrons. The Balaban J connectivity index is 2.58. The van der Waals surface area contributed by atoms with Gasteiger partial charge in [0.1, 0.15) is 5.56 Å². The summed E-state index contributed by atoms with van der Waals surface area (Å²) in [6.45, 7) is 2.25. The molecule has 4 N–H and O–H groups in total. The molecule has 0 atom stereocenters. The monoisotopic (exact) mass is 425 g/mol. The van der Waals surface area contributed by atoms with Gasteiger partial charge in [0.2, 0.25) is 5.91 Å². The zero-order valence-electron chi connectivity index (χ0n) is 16.5. The average Bonchev–Trinajstić information content (AvgIpc) is 2.64. The molecule has 1 heterocycles. The average molecular weight is 425 g/mol. The molecule has 0 aliphatic carbocycles. The molecule has 9 nitrogen and oxygen atoms in total. The number of carbonyl (C=O) groups excluding carboxylic acids is 1. The lowest BCUT2D eigenvalue weighted by Crippen LogP contribution is -2.30. The van der Waals surface area contributed by atoms with Crippen LogP contribution < -0.4 is 16.6 Å². The molecule has 1 aromatic heterocycles. The molecule has 0 saturated carbocycles. The van der Waals surface area contributed by atoms with E-state index in [-0.39, 0.29) is 24.6 Å². The Labute approximate surface area is 169 Å². The summed E-state index contributed by atoms with van der Waals surface area (Å²) in [4.78, 5) is 55.0. The number of rotatable bonds is 11. The van der Waals surface area contributed by atoms with Crippen LogP contribution in [0.3, 0.4) is 0 Å². The van der Waals surface area contributed by atoms with Crippen molar-refractivity contribution < 1.29 is 19.1 Å². The fraction of sp³-hybridized carbons (Fsp3) is 0.526. The summed E-state index contributed by atoms with van der Waals surface area (Å²) in [5.41, 5.74) is -1.24. The van der Waals surface area contributed by atoms with Gasteiger partial charge >= 0.3 is 13.3 Å². The third kappa shape index (κ3) is 11.3. The van der Waals surface area contributed by atoms with Crippen LogP contribution in [0, 0.1) is 11.8 Å². The Morgan fingerprint density at radius 3 is 2.66 bits per heavy atom. The third-order valence-corrected chi connectivity index (χ3v) is 4.61. The van der Waals surface area contributed by atoms with E-state index >= 15 is 0 Å². The number of hydrogen-bond donors (Lipinski definition) is 4. The Bertz CT molecular complexity index is 916. The van der Waals surface area contributed by atoms with Gasteiger partial charge in [-0.2, -0.15) is 0 Å². The highest BCUT2D eigenvalue weighted by molar-refractivity contribution is 7.51. The van der Waals surface area contributed by atoms with E-state index in [1.165, 1.54) is 24.8 Å². The second kappa shape index (κ2) is 12.9. The number of H-pyrrole nitrogens is 1. The molecule has 0 aromatic carbocycles. The molecule has 0 aliphatic rings. The molecule has 0 spiro atoms. The van der Waals surface area contributed by atoms with Crippen LogP contribution in [0.25, 0.3) is 0 Å². The van der Waals surface area contributed by atoms with Gasteiger partial charge in [-0.25, -0.2) is 4.79 Å². The van der Waals surface area contributed by atoms with Gasteiger partial charge in [0.15, 0.2) is 0 Å². The molecule has 29 heavy (non-hydrogen) atoms. The minimum absolute atomic E-state index is 0.0268. The second-order valence-corrected chi connectivity index (χ2v) is 8.21. The second-order valence-electron chi connectivity index (χ2n) is 6.52. The number of amides is 1.